The van der Waals surface area contributed by atoms with Gasteiger partial charge in [0, 0.05) is 16.6 Å². The van der Waals surface area contributed by atoms with Crippen LogP contribution in [0.2, 0.25) is 0 Å². The summed E-state index contributed by atoms with van der Waals surface area (Å²) in [6, 6.07) is 4.42. The molecule has 1 aliphatic rings. The number of hydrogen-bond donors (Lipinski definition) is 2. The van der Waals surface area contributed by atoms with E-state index < -0.39 is 0 Å². The molecule has 1 heterocycles. The van der Waals surface area contributed by atoms with Gasteiger partial charge in [-0.3, -0.25) is 4.79 Å². The van der Waals surface area contributed by atoms with Crippen molar-refractivity contribution < 1.29 is 9.18 Å². The summed E-state index contributed by atoms with van der Waals surface area (Å²) >= 11 is 1.31. The van der Waals surface area contributed by atoms with Crippen LogP contribution in [0.15, 0.2) is 30.4 Å². The SMILES string of the molecule is Nc1c(C(=O)NCC2CC=CCC2)sc2ccc(F)cc12. The predicted octanol–water partition coefficient (Wildman–Crippen LogP) is 3.71. The Labute approximate surface area is 126 Å². The summed E-state index contributed by atoms with van der Waals surface area (Å²) < 4.78 is 14.1. The lowest BCUT2D eigenvalue weighted by atomic mass is 9.94. The molecule has 1 aliphatic carbocycles. The molecule has 21 heavy (non-hydrogen) atoms. The molecule has 1 amide bonds. The van der Waals surface area contributed by atoms with E-state index in [0.717, 1.165) is 24.0 Å². The molecule has 0 aliphatic heterocycles. The molecule has 1 aromatic carbocycles. The van der Waals surface area contributed by atoms with Crippen LogP contribution in [0.5, 0.6) is 0 Å². The zero-order chi connectivity index (χ0) is 14.8. The van der Waals surface area contributed by atoms with Crippen molar-refractivity contribution in [2.75, 3.05) is 12.3 Å². The molecule has 0 spiro atoms. The van der Waals surface area contributed by atoms with E-state index in [-0.39, 0.29) is 11.7 Å². The summed E-state index contributed by atoms with van der Waals surface area (Å²) in [6.07, 6.45) is 7.52. The van der Waals surface area contributed by atoms with Gasteiger partial charge in [0.05, 0.1) is 5.69 Å². The molecular weight excluding hydrogens is 287 g/mol. The lowest BCUT2D eigenvalue weighted by Crippen LogP contribution is -2.29. The lowest BCUT2D eigenvalue weighted by molar-refractivity contribution is 0.0951. The molecule has 1 aromatic heterocycles. The number of anilines is 1. The molecule has 0 saturated heterocycles. The Morgan fingerprint density at radius 3 is 3.05 bits per heavy atom. The van der Waals surface area contributed by atoms with Gasteiger partial charge >= 0.3 is 0 Å². The minimum atomic E-state index is -0.340. The van der Waals surface area contributed by atoms with Gasteiger partial charge in [0.15, 0.2) is 0 Å². The van der Waals surface area contributed by atoms with Crippen molar-refractivity contribution in [2.24, 2.45) is 5.92 Å². The number of amides is 1. The number of benzene rings is 1. The molecule has 0 radical (unpaired) electrons. The minimum absolute atomic E-state index is 0.163. The average molecular weight is 304 g/mol. The largest absolute Gasteiger partial charge is 0.397 e. The van der Waals surface area contributed by atoms with Crippen molar-refractivity contribution in [3.05, 3.63) is 41.0 Å². The van der Waals surface area contributed by atoms with Gasteiger partial charge in [0.25, 0.3) is 5.91 Å². The summed E-state index contributed by atoms with van der Waals surface area (Å²) in [7, 11) is 0. The zero-order valence-corrected chi connectivity index (χ0v) is 12.4. The van der Waals surface area contributed by atoms with Crippen molar-refractivity contribution in [3.63, 3.8) is 0 Å². The molecule has 2 aromatic rings. The van der Waals surface area contributed by atoms with Crippen molar-refractivity contribution in [1.29, 1.82) is 0 Å². The van der Waals surface area contributed by atoms with Gasteiger partial charge in [0.2, 0.25) is 0 Å². The van der Waals surface area contributed by atoms with Gasteiger partial charge in [-0.15, -0.1) is 11.3 Å². The molecule has 1 unspecified atom stereocenters. The summed E-state index contributed by atoms with van der Waals surface area (Å²) in [5.74, 6) is -0.0105. The maximum atomic E-state index is 13.3. The normalized spacial score (nSPS) is 18.0. The number of hydrogen-bond acceptors (Lipinski definition) is 3. The van der Waals surface area contributed by atoms with E-state index in [4.69, 9.17) is 5.73 Å². The first kappa shape index (κ1) is 14.1. The van der Waals surface area contributed by atoms with Crippen molar-refractivity contribution in [2.45, 2.75) is 19.3 Å². The predicted molar refractivity (Wildman–Crippen MR) is 85.0 cm³/mol. The fourth-order valence-electron chi connectivity index (χ4n) is 2.62. The van der Waals surface area contributed by atoms with E-state index in [1.165, 1.54) is 23.5 Å². The third-order valence-corrected chi connectivity index (χ3v) is 5.01. The summed E-state index contributed by atoms with van der Waals surface area (Å²) in [4.78, 5) is 12.7. The van der Waals surface area contributed by atoms with Crippen molar-refractivity contribution in [3.8, 4) is 0 Å². The average Bonchev–Trinajstić information content (AvgIpc) is 2.83. The highest BCUT2D eigenvalue weighted by molar-refractivity contribution is 7.21. The highest BCUT2D eigenvalue weighted by atomic mass is 32.1. The van der Waals surface area contributed by atoms with Crippen LogP contribution in [0.1, 0.15) is 28.9 Å². The zero-order valence-electron chi connectivity index (χ0n) is 11.6. The maximum Gasteiger partial charge on any atom is 0.263 e. The van der Waals surface area contributed by atoms with Gasteiger partial charge in [-0.1, -0.05) is 12.2 Å². The van der Waals surface area contributed by atoms with Gasteiger partial charge in [-0.05, 0) is 43.4 Å². The van der Waals surface area contributed by atoms with Crippen LogP contribution < -0.4 is 11.1 Å². The second-order valence-electron chi connectivity index (χ2n) is 5.35. The highest BCUT2D eigenvalue weighted by Gasteiger charge is 2.18. The second-order valence-corrected chi connectivity index (χ2v) is 6.40. The molecule has 3 nitrogen and oxygen atoms in total. The van der Waals surface area contributed by atoms with Gasteiger partial charge < -0.3 is 11.1 Å². The van der Waals surface area contributed by atoms with Crippen molar-refractivity contribution in [1.82, 2.24) is 5.32 Å². The smallest absolute Gasteiger partial charge is 0.263 e. The number of halogens is 1. The first-order valence-electron chi connectivity index (χ1n) is 7.06. The third-order valence-electron chi connectivity index (χ3n) is 3.82. The Morgan fingerprint density at radius 2 is 2.29 bits per heavy atom. The number of fused-ring (bicyclic) bond motifs is 1. The van der Waals surface area contributed by atoms with E-state index in [1.54, 1.807) is 6.07 Å². The van der Waals surface area contributed by atoms with Gasteiger partial charge in [-0.25, -0.2) is 4.39 Å². The van der Waals surface area contributed by atoms with E-state index in [9.17, 15) is 9.18 Å². The van der Waals surface area contributed by atoms with Gasteiger partial charge in [-0.2, -0.15) is 0 Å². The number of allylic oxidation sites excluding steroid dienone is 2. The highest BCUT2D eigenvalue weighted by Crippen LogP contribution is 2.34. The molecule has 0 bridgehead atoms. The fourth-order valence-corrected chi connectivity index (χ4v) is 3.64. The fraction of sp³-hybridized carbons (Fsp3) is 0.312. The number of nitrogen functional groups attached to an aromatic ring is 1. The van der Waals surface area contributed by atoms with Crippen LogP contribution in [0.4, 0.5) is 10.1 Å². The van der Waals surface area contributed by atoms with Crippen LogP contribution in [-0.2, 0) is 0 Å². The Morgan fingerprint density at radius 1 is 1.43 bits per heavy atom. The summed E-state index contributed by atoms with van der Waals surface area (Å²) in [5, 5.41) is 3.57. The Balaban J connectivity index is 1.75. The number of rotatable bonds is 3. The van der Waals surface area contributed by atoms with Crippen LogP contribution in [0, 0.1) is 11.7 Å². The number of carbonyl (C=O) groups excluding carboxylic acids is 1. The molecule has 5 heteroatoms. The first-order chi connectivity index (χ1) is 10.1. The second kappa shape index (κ2) is 5.85. The third kappa shape index (κ3) is 2.93. The molecular formula is C16H17FN2OS. The maximum absolute atomic E-state index is 13.3. The van der Waals surface area contributed by atoms with E-state index in [2.05, 4.69) is 17.5 Å². The number of nitrogens with one attached hydrogen (secondary N) is 1. The summed E-state index contributed by atoms with van der Waals surface area (Å²) in [5.41, 5.74) is 6.36. The quantitative estimate of drug-likeness (QED) is 0.849. The molecule has 1 atom stereocenters. The molecule has 0 saturated carbocycles. The Kier molecular flexibility index (Phi) is 3.92. The lowest BCUT2D eigenvalue weighted by Gasteiger charge is -2.17. The van der Waals surface area contributed by atoms with Crippen molar-refractivity contribution >= 4 is 33.0 Å². The van der Waals surface area contributed by atoms with Crippen LogP contribution in [0.3, 0.4) is 0 Å². The minimum Gasteiger partial charge on any atom is -0.397 e. The summed E-state index contributed by atoms with van der Waals surface area (Å²) in [6.45, 7) is 0.658. The molecule has 110 valence electrons. The number of thiophene rings is 1. The topological polar surface area (TPSA) is 55.1 Å². The Bertz CT molecular complexity index is 708. The first-order valence-corrected chi connectivity index (χ1v) is 7.87. The monoisotopic (exact) mass is 304 g/mol. The molecule has 0 fully saturated rings. The van der Waals surface area contributed by atoms with Crippen LogP contribution in [0.25, 0.3) is 10.1 Å². The van der Waals surface area contributed by atoms with Gasteiger partial charge in [0.1, 0.15) is 10.7 Å². The van der Waals surface area contributed by atoms with E-state index >= 15 is 0 Å². The molecule has 3 rings (SSSR count). The standard InChI is InChI=1S/C16H17FN2OS/c17-11-6-7-13-12(8-11)14(18)15(21-13)16(20)19-9-10-4-2-1-3-5-10/h1-2,6-8,10H,3-5,9,18H2,(H,19,20). The number of carbonyl (C=O) groups is 1. The molecule has 3 N–H and O–H groups in total. The van der Waals surface area contributed by atoms with E-state index in [1.807, 2.05) is 0 Å². The van der Waals surface area contributed by atoms with E-state index in [0.29, 0.717) is 28.4 Å². The van der Waals surface area contributed by atoms with Crippen LogP contribution >= 0.6 is 11.3 Å². The van der Waals surface area contributed by atoms with Crippen LogP contribution in [-0.4, -0.2) is 12.5 Å². The Hall–Kier alpha value is -1.88. The number of nitrogens with two attached hydrogens (primary N) is 1.